The van der Waals surface area contributed by atoms with Gasteiger partial charge in [-0.1, -0.05) is 56.1 Å². The molecule has 1 N–H and O–H groups in total. The number of rotatable bonds is 2. The molecule has 4 nitrogen and oxygen atoms in total. The van der Waals surface area contributed by atoms with Crippen LogP contribution in [0, 0.1) is 22.7 Å². The van der Waals surface area contributed by atoms with Crippen LogP contribution in [-0.4, -0.2) is 21.2 Å². The lowest BCUT2D eigenvalue weighted by Gasteiger charge is -2.50. The molecule has 0 aromatic carbocycles. The molecule has 2 saturated carbocycles. The van der Waals surface area contributed by atoms with Crippen LogP contribution in [0.25, 0.3) is 0 Å². The molecule has 1 heterocycles. The maximum absolute atomic E-state index is 13.1. The minimum Gasteiger partial charge on any atom is -0.345 e. The standard InChI is InChI=1S/C19H23Cl2N3O/c1-17(2)13-7-8-19(17,18(3)9-11(20)5-6-14(13)18)23-16(25)12-10-22-24(4)15(12)21/h5-6,9-10,13-14H,7-8H2,1-4H3,(H,23,25)/t13?,14?,18-,19?/m1/s1. The molecule has 1 aromatic rings. The van der Waals surface area contributed by atoms with Gasteiger partial charge in [0.15, 0.2) is 0 Å². The van der Waals surface area contributed by atoms with E-state index in [1.54, 1.807) is 7.05 Å². The van der Waals surface area contributed by atoms with Gasteiger partial charge in [0.25, 0.3) is 5.91 Å². The number of nitrogens with one attached hydrogen (secondary N) is 1. The third kappa shape index (κ3) is 1.95. The Morgan fingerprint density at radius 1 is 1.36 bits per heavy atom. The lowest BCUT2D eigenvalue weighted by atomic mass is 9.60. The summed E-state index contributed by atoms with van der Waals surface area (Å²) in [6, 6.07) is 0. The Morgan fingerprint density at radius 3 is 2.72 bits per heavy atom. The predicted octanol–water partition coefficient (Wildman–Crippen LogP) is 4.31. The number of hydrogen-bond donors (Lipinski definition) is 1. The van der Waals surface area contributed by atoms with E-state index in [4.69, 9.17) is 23.2 Å². The normalized spacial score (nSPS) is 37.8. The summed E-state index contributed by atoms with van der Waals surface area (Å²) in [5.74, 6) is 0.732. The highest BCUT2D eigenvalue weighted by Crippen LogP contribution is 2.72. The molecule has 3 aliphatic rings. The van der Waals surface area contributed by atoms with Crippen molar-refractivity contribution in [2.75, 3.05) is 0 Å². The fourth-order valence-electron chi connectivity index (χ4n) is 5.94. The zero-order chi connectivity index (χ0) is 18.2. The van der Waals surface area contributed by atoms with E-state index in [2.05, 4.69) is 43.3 Å². The molecule has 0 radical (unpaired) electrons. The van der Waals surface area contributed by atoms with E-state index in [-0.39, 0.29) is 22.3 Å². The first-order valence-corrected chi connectivity index (χ1v) is 9.46. The number of aromatic nitrogens is 2. The molecule has 0 spiro atoms. The molecule has 1 aromatic heterocycles. The summed E-state index contributed by atoms with van der Waals surface area (Å²) in [5, 5.41) is 8.59. The largest absolute Gasteiger partial charge is 0.345 e. The van der Waals surface area contributed by atoms with Gasteiger partial charge in [0.1, 0.15) is 5.15 Å². The number of amides is 1. The van der Waals surface area contributed by atoms with E-state index in [0.717, 1.165) is 17.9 Å². The van der Waals surface area contributed by atoms with Crippen molar-refractivity contribution >= 4 is 29.1 Å². The zero-order valence-corrected chi connectivity index (χ0v) is 16.4. The van der Waals surface area contributed by atoms with Crippen molar-refractivity contribution in [3.63, 3.8) is 0 Å². The highest BCUT2D eigenvalue weighted by molar-refractivity contribution is 6.33. The van der Waals surface area contributed by atoms with Gasteiger partial charge in [0.05, 0.1) is 17.3 Å². The van der Waals surface area contributed by atoms with Crippen molar-refractivity contribution in [2.45, 2.75) is 39.2 Å². The Balaban J connectivity index is 1.79. The molecule has 2 fully saturated rings. The van der Waals surface area contributed by atoms with E-state index in [9.17, 15) is 4.79 Å². The van der Waals surface area contributed by atoms with E-state index in [1.807, 2.05) is 6.08 Å². The Labute approximate surface area is 158 Å². The topological polar surface area (TPSA) is 46.9 Å². The van der Waals surface area contributed by atoms with Crippen LogP contribution < -0.4 is 5.32 Å². The molecule has 0 aliphatic heterocycles. The highest BCUT2D eigenvalue weighted by atomic mass is 35.5. The summed E-state index contributed by atoms with van der Waals surface area (Å²) >= 11 is 12.6. The van der Waals surface area contributed by atoms with Gasteiger partial charge in [-0.15, -0.1) is 0 Å². The second-order valence-electron chi connectivity index (χ2n) is 8.40. The Bertz CT molecular complexity index is 825. The maximum atomic E-state index is 13.1. The fraction of sp³-hybridized carbons (Fsp3) is 0.579. The average molecular weight is 380 g/mol. The quantitative estimate of drug-likeness (QED) is 0.831. The minimum atomic E-state index is -0.365. The van der Waals surface area contributed by atoms with E-state index >= 15 is 0 Å². The molecule has 3 aliphatic carbocycles. The predicted molar refractivity (Wildman–Crippen MR) is 99.6 cm³/mol. The zero-order valence-electron chi connectivity index (χ0n) is 14.9. The Kier molecular flexibility index (Phi) is 3.53. The lowest BCUT2D eigenvalue weighted by molar-refractivity contribution is 0.0599. The van der Waals surface area contributed by atoms with Crippen LogP contribution in [0.4, 0.5) is 0 Å². The van der Waals surface area contributed by atoms with Gasteiger partial charge in [0.2, 0.25) is 0 Å². The van der Waals surface area contributed by atoms with E-state index in [0.29, 0.717) is 22.6 Å². The molecule has 3 unspecified atom stereocenters. The number of nitrogens with zero attached hydrogens (tertiary/aromatic N) is 2. The first kappa shape index (κ1) is 17.2. The van der Waals surface area contributed by atoms with Crippen LogP contribution in [0.2, 0.25) is 5.15 Å². The van der Waals surface area contributed by atoms with Crippen molar-refractivity contribution in [1.29, 1.82) is 0 Å². The average Bonchev–Trinajstić information content (AvgIpc) is 3.03. The molecule has 134 valence electrons. The van der Waals surface area contributed by atoms with Gasteiger partial charge >= 0.3 is 0 Å². The summed E-state index contributed by atoms with van der Waals surface area (Å²) in [6.07, 6.45) is 9.95. The van der Waals surface area contributed by atoms with Crippen LogP contribution in [0.3, 0.4) is 0 Å². The summed E-state index contributed by atoms with van der Waals surface area (Å²) in [7, 11) is 1.73. The molecule has 4 atom stereocenters. The SMILES string of the molecule is Cn1ncc(C(=O)NC23CCC(C4C=CC(Cl)=C[C@]42C)C3(C)C)c1Cl. The Morgan fingerprint density at radius 2 is 2.08 bits per heavy atom. The van der Waals surface area contributed by atoms with E-state index in [1.165, 1.54) is 10.9 Å². The molecule has 25 heavy (non-hydrogen) atoms. The second-order valence-corrected chi connectivity index (χ2v) is 9.19. The van der Waals surface area contributed by atoms with Crippen molar-refractivity contribution in [3.05, 3.63) is 40.2 Å². The van der Waals surface area contributed by atoms with Gasteiger partial charge in [0, 0.05) is 17.5 Å². The van der Waals surface area contributed by atoms with Gasteiger partial charge in [-0.05, 0) is 36.2 Å². The molecule has 1 amide bonds. The van der Waals surface area contributed by atoms with Crippen LogP contribution in [0.1, 0.15) is 44.0 Å². The number of allylic oxidation sites excluding steroid dienone is 3. The second kappa shape index (κ2) is 5.14. The summed E-state index contributed by atoms with van der Waals surface area (Å²) in [6.45, 7) is 6.78. The molecule has 0 saturated heterocycles. The first-order valence-electron chi connectivity index (χ1n) is 8.70. The van der Waals surface area contributed by atoms with Crippen LogP contribution in [-0.2, 0) is 7.05 Å². The minimum absolute atomic E-state index is 0.0425. The van der Waals surface area contributed by atoms with Gasteiger partial charge in [-0.25, -0.2) is 0 Å². The van der Waals surface area contributed by atoms with Crippen LogP contribution >= 0.6 is 23.2 Å². The number of fused-ring (bicyclic) bond motifs is 5. The highest BCUT2D eigenvalue weighted by Gasteiger charge is 2.73. The third-order valence-corrected chi connectivity index (χ3v) is 7.92. The van der Waals surface area contributed by atoms with Crippen molar-refractivity contribution in [2.24, 2.45) is 29.7 Å². The summed E-state index contributed by atoms with van der Waals surface area (Å²) < 4.78 is 1.51. The first-order chi connectivity index (χ1) is 11.6. The molecule has 2 bridgehead atoms. The number of halogens is 2. The smallest absolute Gasteiger partial charge is 0.256 e. The van der Waals surface area contributed by atoms with Crippen molar-refractivity contribution in [3.8, 4) is 0 Å². The third-order valence-electron chi connectivity index (χ3n) is 7.24. The van der Waals surface area contributed by atoms with Crippen molar-refractivity contribution < 1.29 is 4.79 Å². The number of aryl methyl sites for hydroxylation is 1. The fourth-order valence-corrected chi connectivity index (χ4v) is 6.42. The van der Waals surface area contributed by atoms with Crippen LogP contribution in [0.15, 0.2) is 29.5 Å². The van der Waals surface area contributed by atoms with Crippen molar-refractivity contribution in [1.82, 2.24) is 15.1 Å². The maximum Gasteiger partial charge on any atom is 0.256 e. The molecule has 6 heteroatoms. The molecular weight excluding hydrogens is 357 g/mol. The van der Waals surface area contributed by atoms with Gasteiger partial charge in [-0.3, -0.25) is 9.48 Å². The van der Waals surface area contributed by atoms with E-state index < -0.39 is 0 Å². The molecular formula is C19H23Cl2N3O. The lowest BCUT2D eigenvalue weighted by Crippen LogP contribution is -2.62. The number of carbonyl (C=O) groups excluding carboxylic acids is 1. The van der Waals surface area contributed by atoms with Crippen LogP contribution in [0.5, 0.6) is 0 Å². The van der Waals surface area contributed by atoms with Gasteiger partial charge < -0.3 is 5.32 Å². The number of carbonyl (C=O) groups is 1. The summed E-state index contributed by atoms with van der Waals surface area (Å²) in [5.41, 5.74) is -0.197. The number of hydrogen-bond acceptors (Lipinski definition) is 2. The Hall–Kier alpha value is -1.26. The summed E-state index contributed by atoms with van der Waals surface area (Å²) in [4.78, 5) is 13.1. The molecule has 4 rings (SSSR count). The monoisotopic (exact) mass is 379 g/mol. The van der Waals surface area contributed by atoms with Gasteiger partial charge in [-0.2, -0.15) is 5.10 Å².